The maximum Gasteiger partial charge on any atom is 0.230 e. The van der Waals surface area contributed by atoms with Gasteiger partial charge in [-0.1, -0.05) is 24.3 Å². The molecule has 3 nitrogen and oxygen atoms in total. The second-order valence-electron chi connectivity index (χ2n) is 5.54. The fourth-order valence-corrected chi connectivity index (χ4v) is 3.80. The molecule has 2 aliphatic rings. The zero-order valence-corrected chi connectivity index (χ0v) is 13.0. The maximum absolute atomic E-state index is 12.4. The lowest BCUT2D eigenvalue weighted by Gasteiger charge is -2.28. The first-order chi connectivity index (χ1) is 10.3. The summed E-state index contributed by atoms with van der Waals surface area (Å²) in [6.07, 6.45) is 5.67. The van der Waals surface area contributed by atoms with Crippen LogP contribution in [0.5, 0.6) is 5.75 Å². The second kappa shape index (κ2) is 7.03. The number of para-hydroxylation sites is 1. The van der Waals surface area contributed by atoms with Gasteiger partial charge >= 0.3 is 0 Å². The molecule has 1 aromatic rings. The van der Waals surface area contributed by atoms with Gasteiger partial charge in [-0.05, 0) is 31.4 Å². The van der Waals surface area contributed by atoms with E-state index in [9.17, 15) is 4.79 Å². The quantitative estimate of drug-likeness (QED) is 0.854. The first kappa shape index (κ1) is 14.5. The number of ether oxygens (including phenoxy) is 1. The monoisotopic (exact) mass is 303 g/mol. The third-order valence-corrected chi connectivity index (χ3v) is 5.10. The Bertz CT molecular complexity index is 509. The van der Waals surface area contributed by atoms with Crippen molar-refractivity contribution in [2.45, 2.75) is 19.3 Å². The van der Waals surface area contributed by atoms with Crippen molar-refractivity contribution >= 4 is 17.7 Å². The number of benzene rings is 1. The van der Waals surface area contributed by atoms with Gasteiger partial charge in [0.05, 0.1) is 5.92 Å². The van der Waals surface area contributed by atoms with E-state index < -0.39 is 0 Å². The summed E-state index contributed by atoms with van der Waals surface area (Å²) in [4.78, 5) is 15.7. The Hall–Kier alpha value is -1.42. The molecule has 3 rings (SSSR count). The van der Waals surface area contributed by atoms with E-state index in [-0.39, 0.29) is 5.92 Å². The summed E-state index contributed by atoms with van der Waals surface area (Å²) in [5.41, 5.74) is 0. The number of piperidine rings is 1. The van der Waals surface area contributed by atoms with Crippen molar-refractivity contribution in [3.63, 3.8) is 0 Å². The highest BCUT2D eigenvalue weighted by Gasteiger charge is 2.28. The van der Waals surface area contributed by atoms with E-state index in [1.165, 1.54) is 11.3 Å². The van der Waals surface area contributed by atoms with Gasteiger partial charge in [0.1, 0.15) is 12.4 Å². The van der Waals surface area contributed by atoms with Crippen molar-refractivity contribution in [3.05, 3.63) is 41.3 Å². The first-order valence-electron chi connectivity index (χ1n) is 7.63. The molecule has 2 aliphatic heterocycles. The largest absolute Gasteiger partial charge is 0.488 e. The van der Waals surface area contributed by atoms with Crippen molar-refractivity contribution < 1.29 is 9.53 Å². The normalized spacial score (nSPS) is 22.0. The molecule has 0 N–H and O–H groups in total. The van der Waals surface area contributed by atoms with E-state index in [1.807, 2.05) is 35.2 Å². The van der Waals surface area contributed by atoms with Gasteiger partial charge in [0.15, 0.2) is 0 Å². The summed E-state index contributed by atoms with van der Waals surface area (Å²) in [6.45, 7) is 2.44. The zero-order chi connectivity index (χ0) is 14.5. The van der Waals surface area contributed by atoms with Gasteiger partial charge in [-0.3, -0.25) is 4.79 Å². The average molecular weight is 303 g/mol. The Morgan fingerprint density at radius 2 is 1.95 bits per heavy atom. The molecule has 1 atom stereocenters. The van der Waals surface area contributed by atoms with Crippen LogP contribution in [0.3, 0.4) is 0 Å². The van der Waals surface area contributed by atoms with Crippen LogP contribution in [0.15, 0.2) is 41.3 Å². The van der Waals surface area contributed by atoms with Crippen LogP contribution in [-0.2, 0) is 4.79 Å². The number of hydrogen-bond donors (Lipinski definition) is 0. The van der Waals surface area contributed by atoms with E-state index >= 15 is 0 Å². The molecule has 1 fully saturated rings. The average Bonchev–Trinajstić information content (AvgIpc) is 3.03. The van der Waals surface area contributed by atoms with Crippen LogP contribution in [0.1, 0.15) is 19.3 Å². The second-order valence-corrected chi connectivity index (χ2v) is 6.68. The summed E-state index contributed by atoms with van der Waals surface area (Å²) in [5, 5.41) is 0. The molecule has 0 bridgehead atoms. The standard InChI is InChI=1S/C17H21NO2S/c19-17(18-9-5-2-6-10-18)14-11-16(21-13-14)12-20-15-7-3-1-4-8-15/h1,3-4,7-8,11,14H,2,5-6,9-10,12-13H2. The number of carbonyl (C=O) groups excluding carboxylic acids is 1. The lowest BCUT2D eigenvalue weighted by Crippen LogP contribution is -2.39. The molecular weight excluding hydrogens is 282 g/mol. The van der Waals surface area contributed by atoms with Crippen molar-refractivity contribution in [2.24, 2.45) is 5.92 Å². The molecule has 0 aliphatic carbocycles. The van der Waals surface area contributed by atoms with E-state index in [0.717, 1.165) is 37.4 Å². The van der Waals surface area contributed by atoms with Crippen LogP contribution in [-0.4, -0.2) is 36.3 Å². The summed E-state index contributed by atoms with van der Waals surface area (Å²) >= 11 is 1.75. The van der Waals surface area contributed by atoms with Crippen molar-refractivity contribution in [1.82, 2.24) is 4.90 Å². The van der Waals surface area contributed by atoms with E-state index in [4.69, 9.17) is 4.74 Å². The van der Waals surface area contributed by atoms with Crippen LogP contribution < -0.4 is 4.74 Å². The van der Waals surface area contributed by atoms with Gasteiger partial charge in [-0.2, -0.15) is 0 Å². The van der Waals surface area contributed by atoms with Crippen LogP contribution in [0.4, 0.5) is 0 Å². The molecule has 2 heterocycles. The number of nitrogens with zero attached hydrogens (tertiary/aromatic N) is 1. The highest BCUT2D eigenvalue weighted by atomic mass is 32.2. The Morgan fingerprint density at radius 3 is 2.71 bits per heavy atom. The van der Waals surface area contributed by atoms with Gasteiger partial charge in [-0.15, -0.1) is 11.8 Å². The molecule has 0 aromatic heterocycles. The SMILES string of the molecule is O=C(C1C=C(COc2ccccc2)SC1)N1CCCCC1. The van der Waals surface area contributed by atoms with Crippen LogP contribution in [0, 0.1) is 5.92 Å². The minimum atomic E-state index is 0.0440. The minimum Gasteiger partial charge on any atom is -0.488 e. The third-order valence-electron chi connectivity index (χ3n) is 3.94. The van der Waals surface area contributed by atoms with Crippen LogP contribution >= 0.6 is 11.8 Å². The van der Waals surface area contributed by atoms with Gasteiger partial charge in [0.2, 0.25) is 5.91 Å². The molecule has 1 unspecified atom stereocenters. The number of carbonyl (C=O) groups is 1. The van der Waals surface area contributed by atoms with Crippen molar-refractivity contribution in [1.29, 1.82) is 0 Å². The van der Waals surface area contributed by atoms with E-state index in [2.05, 4.69) is 6.08 Å². The molecule has 0 saturated carbocycles. The predicted octanol–water partition coefficient (Wildman–Crippen LogP) is 3.32. The van der Waals surface area contributed by atoms with Crippen molar-refractivity contribution in [3.8, 4) is 5.75 Å². The molecule has 112 valence electrons. The zero-order valence-electron chi connectivity index (χ0n) is 12.2. The maximum atomic E-state index is 12.4. The van der Waals surface area contributed by atoms with Gasteiger partial charge in [-0.25, -0.2) is 0 Å². The number of hydrogen-bond acceptors (Lipinski definition) is 3. The fourth-order valence-electron chi connectivity index (χ4n) is 2.77. The number of rotatable bonds is 4. The van der Waals surface area contributed by atoms with E-state index in [0.29, 0.717) is 12.5 Å². The molecule has 1 aromatic carbocycles. The highest BCUT2D eigenvalue weighted by molar-refractivity contribution is 8.03. The predicted molar refractivity (Wildman–Crippen MR) is 86.4 cm³/mol. The molecule has 21 heavy (non-hydrogen) atoms. The lowest BCUT2D eigenvalue weighted by molar-refractivity contribution is -0.134. The molecule has 1 amide bonds. The summed E-state index contributed by atoms with van der Waals surface area (Å²) in [5.74, 6) is 2.09. The van der Waals surface area contributed by atoms with E-state index in [1.54, 1.807) is 11.8 Å². The van der Waals surface area contributed by atoms with Gasteiger partial charge in [0.25, 0.3) is 0 Å². The summed E-state index contributed by atoms with van der Waals surface area (Å²) in [7, 11) is 0. The minimum absolute atomic E-state index is 0.0440. The fraction of sp³-hybridized carbons (Fsp3) is 0.471. The lowest BCUT2D eigenvalue weighted by atomic mass is 10.1. The van der Waals surface area contributed by atoms with Gasteiger partial charge in [0, 0.05) is 23.7 Å². The smallest absolute Gasteiger partial charge is 0.230 e. The number of likely N-dealkylation sites (tertiary alicyclic amines) is 1. The summed E-state index contributed by atoms with van der Waals surface area (Å²) < 4.78 is 5.75. The Morgan fingerprint density at radius 1 is 1.19 bits per heavy atom. The number of thioether (sulfide) groups is 1. The van der Waals surface area contributed by atoms with Crippen molar-refractivity contribution in [2.75, 3.05) is 25.4 Å². The Kier molecular flexibility index (Phi) is 4.86. The van der Waals surface area contributed by atoms with Crippen LogP contribution in [0.2, 0.25) is 0 Å². The molecule has 4 heteroatoms. The Labute approximate surface area is 130 Å². The topological polar surface area (TPSA) is 29.5 Å². The highest BCUT2D eigenvalue weighted by Crippen LogP contribution is 2.31. The molecule has 0 radical (unpaired) electrons. The van der Waals surface area contributed by atoms with Crippen LogP contribution in [0.25, 0.3) is 0 Å². The number of amides is 1. The third kappa shape index (κ3) is 3.82. The molecule has 1 saturated heterocycles. The molecular formula is C17H21NO2S. The summed E-state index contributed by atoms with van der Waals surface area (Å²) in [6, 6.07) is 9.82. The Balaban J connectivity index is 1.53. The van der Waals surface area contributed by atoms with Gasteiger partial charge < -0.3 is 9.64 Å². The molecule has 0 spiro atoms. The first-order valence-corrected chi connectivity index (χ1v) is 8.61.